The highest BCUT2D eigenvalue weighted by molar-refractivity contribution is 5.58. The fraction of sp³-hybridized carbons (Fsp3) is 0.250. The van der Waals surface area contributed by atoms with Crippen LogP contribution in [0.2, 0.25) is 0 Å². The number of hydrogen-bond acceptors (Lipinski definition) is 4. The third-order valence-corrected chi connectivity index (χ3v) is 3.86. The Balaban J connectivity index is 1.64. The lowest BCUT2D eigenvalue weighted by atomic mass is 10.1. The molecule has 0 fully saturated rings. The van der Waals surface area contributed by atoms with Gasteiger partial charge in [0, 0.05) is 0 Å². The highest BCUT2D eigenvalue weighted by Gasteiger charge is 2.33. The van der Waals surface area contributed by atoms with Gasteiger partial charge in [0.25, 0.3) is 0 Å². The minimum atomic E-state index is -0.667. The van der Waals surface area contributed by atoms with Gasteiger partial charge in [-0.15, -0.1) is 0 Å². The van der Waals surface area contributed by atoms with E-state index in [-0.39, 0.29) is 6.10 Å². The molecular formula is C20H20O4. The summed E-state index contributed by atoms with van der Waals surface area (Å²) in [5.74, 6) is 0. The first kappa shape index (κ1) is 16.4. The topological polar surface area (TPSA) is 44.8 Å². The Morgan fingerprint density at radius 3 is 2.04 bits per heavy atom. The molecule has 3 rings (SSSR count). The van der Waals surface area contributed by atoms with Crippen molar-refractivity contribution in [2.45, 2.75) is 31.5 Å². The monoisotopic (exact) mass is 324 g/mol. The highest BCUT2D eigenvalue weighted by atomic mass is 16.6. The molecule has 3 atom stereocenters. The van der Waals surface area contributed by atoms with Gasteiger partial charge in [-0.1, -0.05) is 60.7 Å². The molecule has 0 spiro atoms. The van der Waals surface area contributed by atoms with Crippen LogP contribution in [0.3, 0.4) is 0 Å². The Labute approximate surface area is 141 Å². The predicted octanol–water partition coefficient (Wildman–Crippen LogP) is 3.27. The van der Waals surface area contributed by atoms with Crippen LogP contribution in [0.15, 0.2) is 73.0 Å². The second-order valence-corrected chi connectivity index (χ2v) is 5.59. The minimum Gasteiger partial charge on any atom is -0.488 e. The van der Waals surface area contributed by atoms with Crippen LogP contribution < -0.4 is 0 Å². The van der Waals surface area contributed by atoms with Crippen LogP contribution in [0.5, 0.6) is 0 Å². The van der Waals surface area contributed by atoms with Gasteiger partial charge in [-0.25, -0.2) is 0 Å². The number of benzene rings is 2. The second kappa shape index (κ2) is 8.43. The molecule has 2 aromatic rings. The third-order valence-electron chi connectivity index (χ3n) is 3.86. The van der Waals surface area contributed by atoms with E-state index in [2.05, 4.69) is 0 Å². The molecule has 0 N–H and O–H groups in total. The molecule has 1 aliphatic rings. The zero-order valence-corrected chi connectivity index (χ0v) is 13.3. The zero-order chi connectivity index (χ0) is 16.6. The first-order valence-electron chi connectivity index (χ1n) is 7.95. The van der Waals surface area contributed by atoms with E-state index >= 15 is 0 Å². The predicted molar refractivity (Wildman–Crippen MR) is 90.1 cm³/mol. The van der Waals surface area contributed by atoms with Crippen molar-refractivity contribution in [3.05, 3.63) is 84.1 Å². The molecule has 4 heteroatoms. The molecule has 1 aliphatic heterocycles. The summed E-state index contributed by atoms with van der Waals surface area (Å²) in [5.41, 5.74) is 2.11. The van der Waals surface area contributed by atoms with Gasteiger partial charge in [-0.2, -0.15) is 0 Å². The van der Waals surface area contributed by atoms with E-state index in [4.69, 9.17) is 14.2 Å². The fourth-order valence-electron chi connectivity index (χ4n) is 2.57. The van der Waals surface area contributed by atoms with Gasteiger partial charge in [0.1, 0.15) is 12.2 Å². The summed E-state index contributed by atoms with van der Waals surface area (Å²) in [5, 5.41) is 0. The van der Waals surface area contributed by atoms with Gasteiger partial charge in [0.2, 0.25) is 0 Å². The number of aldehydes is 1. The van der Waals surface area contributed by atoms with Crippen molar-refractivity contribution in [3.63, 3.8) is 0 Å². The number of ether oxygens (including phenoxy) is 3. The van der Waals surface area contributed by atoms with E-state index < -0.39 is 12.2 Å². The zero-order valence-electron chi connectivity index (χ0n) is 13.3. The van der Waals surface area contributed by atoms with E-state index in [1.54, 1.807) is 6.08 Å². The third kappa shape index (κ3) is 4.31. The molecule has 0 bridgehead atoms. The number of rotatable bonds is 7. The van der Waals surface area contributed by atoms with Gasteiger partial charge in [0.15, 0.2) is 12.4 Å². The van der Waals surface area contributed by atoms with Crippen molar-refractivity contribution >= 4 is 6.29 Å². The molecule has 2 aromatic carbocycles. The minimum absolute atomic E-state index is 0.335. The Kier molecular flexibility index (Phi) is 5.77. The van der Waals surface area contributed by atoms with Gasteiger partial charge >= 0.3 is 0 Å². The fourth-order valence-corrected chi connectivity index (χ4v) is 2.57. The van der Waals surface area contributed by atoms with Crippen LogP contribution in [-0.2, 0) is 32.2 Å². The molecule has 0 amide bonds. The van der Waals surface area contributed by atoms with Gasteiger partial charge in [-0.05, 0) is 17.2 Å². The summed E-state index contributed by atoms with van der Waals surface area (Å²) >= 11 is 0. The summed E-state index contributed by atoms with van der Waals surface area (Å²) < 4.78 is 17.2. The molecule has 0 radical (unpaired) electrons. The van der Waals surface area contributed by atoms with Crippen LogP contribution in [0, 0.1) is 0 Å². The molecule has 24 heavy (non-hydrogen) atoms. The number of hydrogen-bond donors (Lipinski definition) is 0. The molecule has 4 nitrogen and oxygen atoms in total. The first-order chi connectivity index (χ1) is 11.9. The second-order valence-electron chi connectivity index (χ2n) is 5.59. The lowest BCUT2D eigenvalue weighted by Gasteiger charge is -2.32. The Hall–Kier alpha value is -2.43. The molecule has 0 saturated carbocycles. The quantitative estimate of drug-likeness (QED) is 0.733. The smallest absolute Gasteiger partial charge is 0.181 e. The van der Waals surface area contributed by atoms with E-state index in [1.807, 2.05) is 60.7 Å². The summed E-state index contributed by atoms with van der Waals surface area (Å²) in [6.45, 7) is 0.852. The van der Waals surface area contributed by atoms with E-state index in [0.717, 1.165) is 17.4 Å². The summed E-state index contributed by atoms with van der Waals surface area (Å²) in [7, 11) is 0. The first-order valence-corrected chi connectivity index (χ1v) is 7.95. The van der Waals surface area contributed by atoms with E-state index in [9.17, 15) is 4.79 Å². The normalized spacial score (nSPS) is 22.8. The Bertz CT molecular complexity index is 654. The number of carbonyl (C=O) groups is 1. The molecule has 0 aliphatic carbocycles. The largest absolute Gasteiger partial charge is 0.488 e. The summed E-state index contributed by atoms with van der Waals surface area (Å²) in [4.78, 5) is 11.3. The van der Waals surface area contributed by atoms with E-state index in [0.29, 0.717) is 13.2 Å². The van der Waals surface area contributed by atoms with Crippen LogP contribution in [-0.4, -0.2) is 24.6 Å². The van der Waals surface area contributed by atoms with Crippen molar-refractivity contribution < 1.29 is 19.0 Å². The summed E-state index contributed by atoms with van der Waals surface area (Å²) in [6, 6.07) is 19.7. The van der Waals surface area contributed by atoms with Crippen LogP contribution in [0.25, 0.3) is 0 Å². The van der Waals surface area contributed by atoms with Crippen molar-refractivity contribution in [2.75, 3.05) is 0 Å². The number of carbonyl (C=O) groups excluding carboxylic acids is 1. The van der Waals surface area contributed by atoms with Gasteiger partial charge in [-0.3, -0.25) is 4.79 Å². The highest BCUT2D eigenvalue weighted by Crippen LogP contribution is 2.20. The van der Waals surface area contributed by atoms with Crippen molar-refractivity contribution in [1.82, 2.24) is 0 Å². The molecule has 0 saturated heterocycles. The maximum absolute atomic E-state index is 11.3. The molecule has 124 valence electrons. The average Bonchev–Trinajstić information content (AvgIpc) is 2.66. The Morgan fingerprint density at radius 1 is 0.875 bits per heavy atom. The molecular weight excluding hydrogens is 304 g/mol. The SMILES string of the molecule is O=C[C@H]1OC=CC(OCc2ccccc2)[C@H]1OCc1ccccc1. The van der Waals surface area contributed by atoms with Gasteiger partial charge < -0.3 is 14.2 Å². The van der Waals surface area contributed by atoms with Crippen LogP contribution >= 0.6 is 0 Å². The van der Waals surface area contributed by atoms with Gasteiger partial charge in [0.05, 0.1) is 19.5 Å². The maximum Gasteiger partial charge on any atom is 0.181 e. The Morgan fingerprint density at radius 2 is 1.46 bits per heavy atom. The maximum atomic E-state index is 11.3. The van der Waals surface area contributed by atoms with Crippen LogP contribution in [0.1, 0.15) is 11.1 Å². The van der Waals surface area contributed by atoms with Crippen molar-refractivity contribution in [2.24, 2.45) is 0 Å². The van der Waals surface area contributed by atoms with E-state index in [1.165, 1.54) is 6.26 Å². The molecule has 1 heterocycles. The summed E-state index contributed by atoms with van der Waals surface area (Å²) in [6.07, 6.45) is 2.59. The average molecular weight is 324 g/mol. The van der Waals surface area contributed by atoms with Crippen molar-refractivity contribution in [3.8, 4) is 0 Å². The lowest BCUT2D eigenvalue weighted by molar-refractivity contribution is -0.145. The van der Waals surface area contributed by atoms with Crippen molar-refractivity contribution in [1.29, 1.82) is 0 Å². The molecule has 0 aromatic heterocycles. The standard InChI is InChI=1S/C20H20O4/c21-13-19-20(24-15-17-9-5-2-6-10-17)18(11-12-22-19)23-14-16-7-3-1-4-8-16/h1-13,18-20H,14-15H2/t18?,19-,20-/m1/s1. The molecule has 1 unspecified atom stereocenters. The lowest BCUT2D eigenvalue weighted by Crippen LogP contribution is -2.44. The van der Waals surface area contributed by atoms with Crippen LogP contribution in [0.4, 0.5) is 0 Å².